The number of hydrogen-bond acceptors (Lipinski definition) is 2. The van der Waals surface area contributed by atoms with Gasteiger partial charge in [0, 0.05) is 5.71 Å². The molecule has 0 radical (unpaired) electrons. The summed E-state index contributed by atoms with van der Waals surface area (Å²) in [5, 5.41) is 8.79. The predicted molar refractivity (Wildman–Crippen MR) is 61.2 cm³/mol. The third-order valence-electron chi connectivity index (χ3n) is 2.27. The van der Waals surface area contributed by atoms with Gasteiger partial charge in [0.1, 0.15) is 0 Å². The minimum atomic E-state index is -0.902. The van der Waals surface area contributed by atoms with Crippen molar-refractivity contribution in [3.8, 4) is 0 Å². The maximum atomic E-state index is 10.7. The van der Waals surface area contributed by atoms with E-state index in [-0.39, 0.29) is 0 Å². The smallest absolute Gasteiger partial charge is 0.335 e. The van der Waals surface area contributed by atoms with Crippen LogP contribution in [0.15, 0.2) is 23.2 Å². The summed E-state index contributed by atoms with van der Waals surface area (Å²) in [5.41, 5.74) is 3.09. The first-order chi connectivity index (χ1) is 7.04. The molecule has 0 fully saturated rings. The van der Waals surface area contributed by atoms with Crippen molar-refractivity contribution in [3.05, 3.63) is 29.3 Å². The number of aliphatic imine (C=N–C) groups is 1. The van der Waals surface area contributed by atoms with Crippen LogP contribution in [0.25, 0.3) is 0 Å². The molecule has 0 aromatic heterocycles. The van der Waals surface area contributed by atoms with Gasteiger partial charge in [0.05, 0.1) is 11.3 Å². The van der Waals surface area contributed by atoms with Gasteiger partial charge < -0.3 is 5.11 Å². The van der Waals surface area contributed by atoms with Crippen LogP contribution >= 0.6 is 0 Å². The minimum Gasteiger partial charge on any atom is -0.478 e. The van der Waals surface area contributed by atoms with Crippen LogP contribution in [0, 0.1) is 6.92 Å². The highest BCUT2D eigenvalue weighted by Gasteiger charge is 2.04. The van der Waals surface area contributed by atoms with Gasteiger partial charge in [0.25, 0.3) is 0 Å². The molecule has 0 bridgehead atoms. The van der Waals surface area contributed by atoms with Crippen molar-refractivity contribution in [1.82, 2.24) is 0 Å². The normalized spacial score (nSPS) is 11.5. The highest BCUT2D eigenvalue weighted by molar-refractivity contribution is 5.89. The Bertz CT molecular complexity index is 408. The first kappa shape index (κ1) is 11.4. The lowest BCUT2D eigenvalue weighted by molar-refractivity contribution is 0.0697. The van der Waals surface area contributed by atoms with E-state index < -0.39 is 5.97 Å². The molecule has 1 N–H and O–H groups in total. The Morgan fingerprint density at radius 1 is 1.47 bits per heavy atom. The van der Waals surface area contributed by atoms with Crippen LogP contribution in [0.1, 0.15) is 36.2 Å². The lowest BCUT2D eigenvalue weighted by atomic mass is 10.1. The van der Waals surface area contributed by atoms with Gasteiger partial charge in [0.15, 0.2) is 0 Å². The molecular formula is C12H15NO2. The number of hydrogen-bond donors (Lipinski definition) is 1. The second-order valence-electron chi connectivity index (χ2n) is 3.51. The van der Waals surface area contributed by atoms with Crippen LogP contribution < -0.4 is 0 Å². The van der Waals surface area contributed by atoms with E-state index in [1.54, 1.807) is 18.2 Å². The molecule has 0 saturated carbocycles. The fraction of sp³-hybridized carbons (Fsp3) is 0.333. The zero-order valence-electron chi connectivity index (χ0n) is 9.24. The van der Waals surface area contributed by atoms with Crippen LogP contribution in [-0.2, 0) is 0 Å². The van der Waals surface area contributed by atoms with E-state index in [0.717, 1.165) is 23.4 Å². The summed E-state index contributed by atoms with van der Waals surface area (Å²) in [7, 11) is 0. The quantitative estimate of drug-likeness (QED) is 0.770. The summed E-state index contributed by atoms with van der Waals surface area (Å²) in [6.07, 6.45) is 0.903. The molecule has 0 aliphatic carbocycles. The predicted octanol–water partition coefficient (Wildman–Crippen LogP) is 3.20. The molecule has 0 atom stereocenters. The summed E-state index contributed by atoms with van der Waals surface area (Å²) in [6, 6.07) is 4.97. The lowest BCUT2D eigenvalue weighted by Crippen LogP contribution is -1.96. The van der Waals surface area contributed by atoms with Gasteiger partial charge in [-0.25, -0.2) is 4.79 Å². The molecule has 0 aliphatic rings. The average molecular weight is 205 g/mol. The molecule has 0 spiro atoms. The van der Waals surface area contributed by atoms with Crippen molar-refractivity contribution in [2.45, 2.75) is 27.2 Å². The summed E-state index contributed by atoms with van der Waals surface area (Å²) in [4.78, 5) is 15.1. The largest absolute Gasteiger partial charge is 0.478 e. The van der Waals surface area contributed by atoms with Crippen molar-refractivity contribution in [3.63, 3.8) is 0 Å². The van der Waals surface area contributed by atoms with Crippen molar-refractivity contribution in [2.24, 2.45) is 4.99 Å². The van der Waals surface area contributed by atoms with Crippen LogP contribution in [0.4, 0.5) is 5.69 Å². The van der Waals surface area contributed by atoms with Crippen LogP contribution in [-0.4, -0.2) is 16.8 Å². The van der Waals surface area contributed by atoms with Gasteiger partial charge in [-0.05, 0) is 44.0 Å². The molecule has 1 rings (SSSR count). The highest BCUT2D eigenvalue weighted by atomic mass is 16.4. The lowest BCUT2D eigenvalue weighted by Gasteiger charge is -2.03. The van der Waals surface area contributed by atoms with E-state index in [1.165, 1.54) is 0 Å². The Balaban J connectivity index is 3.09. The molecule has 0 aliphatic heterocycles. The van der Waals surface area contributed by atoms with Gasteiger partial charge >= 0.3 is 5.97 Å². The topological polar surface area (TPSA) is 49.7 Å². The number of rotatable bonds is 3. The van der Waals surface area contributed by atoms with Crippen LogP contribution in [0.3, 0.4) is 0 Å². The second-order valence-corrected chi connectivity index (χ2v) is 3.51. The molecule has 3 nitrogen and oxygen atoms in total. The molecule has 1 aromatic rings. The second kappa shape index (κ2) is 4.73. The summed E-state index contributed by atoms with van der Waals surface area (Å²) in [6.45, 7) is 5.87. The number of carboxylic acid groups (broad SMARTS) is 1. The van der Waals surface area contributed by atoms with Crippen molar-refractivity contribution < 1.29 is 9.90 Å². The molecule has 0 unspecified atom stereocenters. The molecule has 0 heterocycles. The Labute approximate surface area is 89.5 Å². The molecule has 0 amide bonds. The number of nitrogens with zero attached hydrogens (tertiary/aromatic N) is 1. The molecular weight excluding hydrogens is 190 g/mol. The van der Waals surface area contributed by atoms with Gasteiger partial charge in [0.2, 0.25) is 0 Å². The third-order valence-corrected chi connectivity index (χ3v) is 2.27. The Morgan fingerprint density at radius 3 is 2.60 bits per heavy atom. The Hall–Kier alpha value is -1.64. The SMILES string of the molecule is CCC(C)=Nc1ccc(C(=O)O)cc1C. The van der Waals surface area contributed by atoms with E-state index in [1.807, 2.05) is 20.8 Å². The first-order valence-corrected chi connectivity index (χ1v) is 4.92. The minimum absolute atomic E-state index is 0.306. The first-order valence-electron chi connectivity index (χ1n) is 4.92. The van der Waals surface area contributed by atoms with Gasteiger partial charge in [-0.3, -0.25) is 4.99 Å². The zero-order valence-corrected chi connectivity index (χ0v) is 9.24. The monoisotopic (exact) mass is 205 g/mol. The van der Waals surface area contributed by atoms with Crippen LogP contribution in [0.2, 0.25) is 0 Å². The Morgan fingerprint density at radius 2 is 2.13 bits per heavy atom. The zero-order chi connectivity index (χ0) is 11.4. The van der Waals surface area contributed by atoms with E-state index in [0.29, 0.717) is 5.56 Å². The highest BCUT2D eigenvalue weighted by Crippen LogP contribution is 2.20. The molecule has 3 heteroatoms. The van der Waals surface area contributed by atoms with Gasteiger partial charge in [-0.2, -0.15) is 0 Å². The van der Waals surface area contributed by atoms with Crippen LogP contribution in [0.5, 0.6) is 0 Å². The van der Waals surface area contributed by atoms with E-state index in [4.69, 9.17) is 5.11 Å². The standard InChI is InChI=1S/C12H15NO2/c1-4-9(3)13-11-6-5-10(12(14)15)7-8(11)2/h5-7H,4H2,1-3H3,(H,14,15). The fourth-order valence-electron chi connectivity index (χ4n) is 1.20. The Kier molecular flexibility index (Phi) is 3.61. The van der Waals surface area contributed by atoms with Gasteiger partial charge in [-0.15, -0.1) is 0 Å². The number of carbonyl (C=O) groups is 1. The van der Waals surface area contributed by atoms with Crippen molar-refractivity contribution in [1.29, 1.82) is 0 Å². The molecule has 0 saturated heterocycles. The van der Waals surface area contributed by atoms with Crippen molar-refractivity contribution in [2.75, 3.05) is 0 Å². The number of carboxylic acids is 1. The summed E-state index contributed by atoms with van der Waals surface area (Å²) < 4.78 is 0. The molecule has 80 valence electrons. The number of aryl methyl sites for hydroxylation is 1. The van der Waals surface area contributed by atoms with E-state index >= 15 is 0 Å². The average Bonchev–Trinajstić information content (AvgIpc) is 2.20. The van der Waals surface area contributed by atoms with E-state index in [9.17, 15) is 4.79 Å². The maximum absolute atomic E-state index is 10.7. The van der Waals surface area contributed by atoms with Crippen molar-refractivity contribution >= 4 is 17.4 Å². The van der Waals surface area contributed by atoms with E-state index in [2.05, 4.69) is 4.99 Å². The maximum Gasteiger partial charge on any atom is 0.335 e. The third kappa shape index (κ3) is 2.91. The molecule has 15 heavy (non-hydrogen) atoms. The molecule has 1 aromatic carbocycles. The summed E-state index contributed by atoms with van der Waals surface area (Å²) in [5.74, 6) is -0.902. The van der Waals surface area contributed by atoms with Gasteiger partial charge in [-0.1, -0.05) is 6.92 Å². The number of aromatic carboxylic acids is 1. The number of benzene rings is 1. The summed E-state index contributed by atoms with van der Waals surface area (Å²) >= 11 is 0. The fourth-order valence-corrected chi connectivity index (χ4v) is 1.20.